The van der Waals surface area contributed by atoms with E-state index in [1.807, 2.05) is 0 Å². The Morgan fingerprint density at radius 2 is 0.923 bits per heavy atom. The van der Waals surface area contributed by atoms with Crippen LogP contribution in [-0.2, 0) is 0 Å². The molecule has 13 heavy (non-hydrogen) atoms. The van der Waals surface area contributed by atoms with E-state index in [9.17, 15) is 0 Å². The highest BCUT2D eigenvalue weighted by Crippen LogP contribution is 2.41. The van der Waals surface area contributed by atoms with Crippen LogP contribution in [0.3, 0.4) is 0 Å². The van der Waals surface area contributed by atoms with Gasteiger partial charge in [0.25, 0.3) is 0 Å². The van der Waals surface area contributed by atoms with Gasteiger partial charge in [-0.05, 0) is 59.9 Å². The van der Waals surface area contributed by atoms with Crippen LogP contribution in [0.15, 0.2) is 0 Å². The summed E-state index contributed by atoms with van der Waals surface area (Å²) in [5.41, 5.74) is 2.41. The van der Waals surface area contributed by atoms with E-state index in [2.05, 4.69) is 0 Å². The zero-order valence-electron chi connectivity index (χ0n) is 8.80. The van der Waals surface area contributed by atoms with Gasteiger partial charge in [0.05, 0.1) is 11.3 Å². The van der Waals surface area contributed by atoms with Crippen molar-refractivity contribution < 1.29 is 0 Å². The Kier molecular flexibility index (Phi) is 4.10. The van der Waals surface area contributed by atoms with Crippen LogP contribution in [0.2, 0.25) is 0 Å². The third-order valence-corrected chi connectivity index (χ3v) is 6.27. The second-order valence-corrected chi connectivity index (χ2v) is 7.26. The Morgan fingerprint density at radius 3 is 1.31 bits per heavy atom. The Balaban J connectivity index is 1.69. The molecule has 2 rings (SSSR count). The maximum atomic E-state index is 1.59. The molecular weight excluding hydrogens is 175 g/mol. The summed E-state index contributed by atoms with van der Waals surface area (Å²) >= 11 is 0. The van der Waals surface area contributed by atoms with Crippen molar-refractivity contribution in [1.29, 1.82) is 0 Å². The first-order chi connectivity index (χ1) is 6.45. The van der Waals surface area contributed by atoms with Gasteiger partial charge in [0.15, 0.2) is 0 Å². The van der Waals surface area contributed by atoms with Gasteiger partial charge in [0, 0.05) is 0 Å². The molecule has 0 spiro atoms. The summed E-state index contributed by atoms with van der Waals surface area (Å²) in [4.78, 5) is 0. The summed E-state index contributed by atoms with van der Waals surface area (Å²) in [6.45, 7) is 0. The van der Waals surface area contributed by atoms with E-state index in [1.54, 1.807) is 51.4 Å². The zero-order chi connectivity index (χ0) is 8.93. The average Bonchev–Trinajstić information content (AvgIpc) is 2.21. The van der Waals surface area contributed by atoms with Crippen molar-refractivity contribution in [2.75, 3.05) is 0 Å². The van der Waals surface area contributed by atoms with Gasteiger partial charge >= 0.3 is 0 Å². The van der Waals surface area contributed by atoms with Crippen LogP contribution in [0.5, 0.6) is 0 Å². The molecule has 2 aliphatic carbocycles. The van der Waals surface area contributed by atoms with Crippen molar-refractivity contribution in [1.82, 2.24) is 0 Å². The van der Waals surface area contributed by atoms with E-state index in [4.69, 9.17) is 0 Å². The highest BCUT2D eigenvalue weighted by atomic mass is 31.1. The molecule has 0 amide bonds. The van der Waals surface area contributed by atoms with Crippen LogP contribution in [-0.4, -0.2) is 11.3 Å². The molecule has 0 aliphatic heterocycles. The molecule has 2 saturated carbocycles. The predicted molar refractivity (Wildman–Crippen MR) is 63.5 cm³/mol. The van der Waals surface area contributed by atoms with Gasteiger partial charge in [0.1, 0.15) is 0 Å². The third kappa shape index (κ3) is 3.24. The molecule has 2 fully saturated rings. The molecule has 0 unspecified atom stereocenters. The fraction of sp³-hybridized carbons (Fsp3) is 1.00. The van der Waals surface area contributed by atoms with Gasteiger partial charge in [-0.3, -0.25) is 0 Å². The lowest BCUT2D eigenvalue weighted by atomic mass is 10.00. The van der Waals surface area contributed by atoms with Crippen molar-refractivity contribution in [3.8, 4) is 0 Å². The molecule has 0 heterocycles. The fourth-order valence-electron chi connectivity index (χ4n) is 3.04. The quantitative estimate of drug-likeness (QED) is 0.588. The molecule has 0 aromatic heterocycles. The molecule has 0 nitrogen and oxygen atoms in total. The summed E-state index contributed by atoms with van der Waals surface area (Å²) in [6.07, 6.45) is 15.6. The zero-order valence-corrected chi connectivity index (χ0v) is 9.96. The van der Waals surface area contributed by atoms with E-state index in [-0.39, 0.29) is 0 Å². The van der Waals surface area contributed by atoms with Gasteiger partial charge in [-0.25, -0.2) is 0 Å². The van der Waals surface area contributed by atoms with Gasteiger partial charge in [0.2, 0.25) is 0 Å². The number of hydrogen-bond acceptors (Lipinski definition) is 0. The SMILES string of the molecule is C1CCC([PH2+]C2CCCCC2)CC1. The first kappa shape index (κ1) is 9.97. The molecule has 76 valence electrons. The van der Waals surface area contributed by atoms with Gasteiger partial charge < -0.3 is 0 Å². The van der Waals surface area contributed by atoms with Crippen LogP contribution in [0.1, 0.15) is 64.2 Å². The van der Waals surface area contributed by atoms with Crippen LogP contribution in [0.25, 0.3) is 0 Å². The number of rotatable bonds is 2. The Bertz CT molecular complexity index is 116. The van der Waals surface area contributed by atoms with Crippen molar-refractivity contribution >= 4 is 8.58 Å². The fourth-order valence-corrected chi connectivity index (χ4v) is 5.52. The Morgan fingerprint density at radius 1 is 0.538 bits per heavy atom. The topological polar surface area (TPSA) is 0 Å². The number of hydrogen-bond donors (Lipinski definition) is 0. The second kappa shape index (κ2) is 5.35. The van der Waals surface area contributed by atoms with Crippen LogP contribution >= 0.6 is 8.58 Å². The smallest absolute Gasteiger partial charge is 0.0530 e. The van der Waals surface area contributed by atoms with Crippen molar-refractivity contribution in [2.45, 2.75) is 75.5 Å². The first-order valence-electron chi connectivity index (χ1n) is 6.30. The summed E-state index contributed by atoms with van der Waals surface area (Å²) in [6, 6.07) is 0. The predicted octanol–water partition coefficient (Wildman–Crippen LogP) is 4.06. The van der Waals surface area contributed by atoms with E-state index in [0.717, 1.165) is 8.58 Å². The standard InChI is InChI=1S/C12H23P/c1-3-7-11(8-4-1)13-12-9-5-2-6-10-12/h11-13H,1-10H2/p+1. The minimum atomic E-state index is 0.825. The first-order valence-corrected chi connectivity index (χ1v) is 7.63. The minimum Gasteiger partial charge on any atom is -0.0530 e. The van der Waals surface area contributed by atoms with Crippen LogP contribution < -0.4 is 0 Å². The summed E-state index contributed by atoms with van der Waals surface area (Å²) in [7, 11) is 0.825. The molecule has 0 bridgehead atoms. The molecule has 0 N–H and O–H groups in total. The molecule has 0 aromatic carbocycles. The summed E-state index contributed by atoms with van der Waals surface area (Å²) < 4.78 is 0. The van der Waals surface area contributed by atoms with Crippen molar-refractivity contribution in [3.63, 3.8) is 0 Å². The van der Waals surface area contributed by atoms with E-state index in [1.165, 1.54) is 24.2 Å². The van der Waals surface area contributed by atoms with Gasteiger partial charge in [-0.15, -0.1) is 0 Å². The van der Waals surface area contributed by atoms with Crippen LogP contribution in [0, 0.1) is 0 Å². The Hall–Kier alpha value is 0.430. The lowest BCUT2D eigenvalue weighted by Gasteiger charge is -2.23. The lowest BCUT2D eigenvalue weighted by Crippen LogP contribution is -2.14. The van der Waals surface area contributed by atoms with Gasteiger partial charge in [-0.1, -0.05) is 12.8 Å². The molecule has 0 radical (unpaired) electrons. The largest absolute Gasteiger partial charge is 0.0655 e. The average molecular weight is 199 g/mol. The highest BCUT2D eigenvalue weighted by molar-refractivity contribution is 7.39. The normalized spacial score (nSPS) is 27.7. The van der Waals surface area contributed by atoms with Gasteiger partial charge in [-0.2, -0.15) is 0 Å². The maximum absolute atomic E-state index is 1.59. The molecule has 1 heteroatoms. The molecule has 0 saturated heterocycles. The monoisotopic (exact) mass is 199 g/mol. The van der Waals surface area contributed by atoms with E-state index in [0.29, 0.717) is 0 Å². The van der Waals surface area contributed by atoms with Crippen molar-refractivity contribution in [3.05, 3.63) is 0 Å². The molecule has 0 atom stereocenters. The second-order valence-electron chi connectivity index (χ2n) is 4.99. The van der Waals surface area contributed by atoms with Crippen molar-refractivity contribution in [2.24, 2.45) is 0 Å². The third-order valence-electron chi connectivity index (χ3n) is 3.84. The minimum absolute atomic E-state index is 0.825. The Labute approximate surface area is 84.7 Å². The molecule has 0 aromatic rings. The van der Waals surface area contributed by atoms with E-state index < -0.39 is 0 Å². The van der Waals surface area contributed by atoms with Crippen LogP contribution in [0.4, 0.5) is 0 Å². The maximum Gasteiger partial charge on any atom is 0.0655 e. The van der Waals surface area contributed by atoms with E-state index >= 15 is 0 Å². The lowest BCUT2D eigenvalue weighted by molar-refractivity contribution is 0.490. The summed E-state index contributed by atoms with van der Waals surface area (Å²) in [5, 5.41) is 0. The molecular formula is C12H24P+. The highest BCUT2D eigenvalue weighted by Gasteiger charge is 2.25. The molecule has 2 aliphatic rings. The summed E-state index contributed by atoms with van der Waals surface area (Å²) in [5.74, 6) is 0.